The molecule has 5 heteroatoms. The highest BCUT2D eigenvalue weighted by Crippen LogP contribution is 2.25. The lowest BCUT2D eigenvalue weighted by Crippen LogP contribution is -2.18. The minimum atomic E-state index is -0.382. The molecule has 1 aromatic carbocycles. The highest BCUT2D eigenvalue weighted by Gasteiger charge is 2.12. The van der Waals surface area contributed by atoms with Gasteiger partial charge >= 0.3 is 5.97 Å². The number of methoxy groups -OCH3 is 1. The van der Waals surface area contributed by atoms with Crippen molar-refractivity contribution in [3.63, 3.8) is 0 Å². The molecular weight excluding hydrogens is 244 g/mol. The Morgan fingerprint density at radius 2 is 2.21 bits per heavy atom. The van der Waals surface area contributed by atoms with Gasteiger partial charge in [-0.25, -0.2) is 4.79 Å². The third kappa shape index (κ3) is 2.88. The van der Waals surface area contributed by atoms with Crippen LogP contribution in [-0.4, -0.2) is 20.1 Å². The number of esters is 1. The first-order valence-electron chi connectivity index (χ1n) is 5.83. The maximum atomic E-state index is 11.5. The zero-order valence-corrected chi connectivity index (χ0v) is 10.9. The summed E-state index contributed by atoms with van der Waals surface area (Å²) in [5.74, 6) is 0.443. The Labute approximate surface area is 111 Å². The number of carbonyl (C=O) groups excluding carboxylic acids is 1. The number of rotatable bonds is 4. The molecule has 2 aromatic rings. The molecule has 0 unspecified atom stereocenters. The van der Waals surface area contributed by atoms with Gasteiger partial charge in [0.05, 0.1) is 36.9 Å². The van der Waals surface area contributed by atoms with E-state index in [-0.39, 0.29) is 5.97 Å². The monoisotopic (exact) mass is 260 g/mol. The van der Waals surface area contributed by atoms with Crippen molar-refractivity contribution < 1.29 is 13.9 Å². The summed E-state index contributed by atoms with van der Waals surface area (Å²) in [6.07, 6.45) is 1.62. The number of nitrogens with zero attached hydrogens (tertiary/aromatic N) is 1. The second-order valence-corrected chi connectivity index (χ2v) is 4.20. The molecule has 0 saturated carbocycles. The molecule has 0 atom stereocenters. The van der Waals surface area contributed by atoms with E-state index in [0.717, 1.165) is 11.4 Å². The van der Waals surface area contributed by atoms with Gasteiger partial charge in [0.1, 0.15) is 5.76 Å². The normalized spacial score (nSPS) is 10.2. The summed E-state index contributed by atoms with van der Waals surface area (Å²) in [5, 5.41) is 0. The maximum absolute atomic E-state index is 11.5. The molecule has 0 amide bonds. The fourth-order valence-corrected chi connectivity index (χ4v) is 1.84. The molecule has 100 valence electrons. The molecule has 1 aromatic heterocycles. The van der Waals surface area contributed by atoms with Crippen LogP contribution in [0.4, 0.5) is 11.4 Å². The van der Waals surface area contributed by atoms with Crippen LogP contribution in [0.2, 0.25) is 0 Å². The van der Waals surface area contributed by atoms with Crippen molar-refractivity contribution in [2.24, 2.45) is 0 Å². The third-order valence-corrected chi connectivity index (χ3v) is 2.84. The molecule has 0 aliphatic heterocycles. The van der Waals surface area contributed by atoms with Crippen LogP contribution in [0.3, 0.4) is 0 Å². The Morgan fingerprint density at radius 1 is 1.42 bits per heavy atom. The summed E-state index contributed by atoms with van der Waals surface area (Å²) < 4.78 is 9.99. The van der Waals surface area contributed by atoms with Crippen LogP contribution in [0.5, 0.6) is 0 Å². The second-order valence-electron chi connectivity index (χ2n) is 4.20. The van der Waals surface area contributed by atoms with Gasteiger partial charge in [0, 0.05) is 7.05 Å². The second kappa shape index (κ2) is 5.48. The Morgan fingerprint density at radius 3 is 2.84 bits per heavy atom. The van der Waals surface area contributed by atoms with Gasteiger partial charge in [-0.3, -0.25) is 0 Å². The average molecular weight is 260 g/mol. The van der Waals surface area contributed by atoms with Crippen LogP contribution in [0.25, 0.3) is 0 Å². The van der Waals surface area contributed by atoms with Crippen LogP contribution in [-0.2, 0) is 11.3 Å². The van der Waals surface area contributed by atoms with Crippen molar-refractivity contribution >= 4 is 17.3 Å². The Hall–Kier alpha value is -2.43. The van der Waals surface area contributed by atoms with Gasteiger partial charge in [0.2, 0.25) is 0 Å². The predicted octanol–water partition coefficient (Wildman–Crippen LogP) is 2.28. The lowest BCUT2D eigenvalue weighted by atomic mass is 10.1. The minimum absolute atomic E-state index is 0.382. The highest BCUT2D eigenvalue weighted by atomic mass is 16.5. The van der Waals surface area contributed by atoms with E-state index in [0.29, 0.717) is 17.8 Å². The summed E-state index contributed by atoms with van der Waals surface area (Å²) in [6.45, 7) is 0.571. The zero-order chi connectivity index (χ0) is 13.8. The molecule has 0 saturated heterocycles. The molecule has 2 N–H and O–H groups in total. The van der Waals surface area contributed by atoms with E-state index in [1.54, 1.807) is 24.5 Å². The van der Waals surface area contributed by atoms with Crippen LogP contribution in [0.15, 0.2) is 41.0 Å². The first kappa shape index (κ1) is 13.0. The number of anilines is 2. The smallest absolute Gasteiger partial charge is 0.337 e. The zero-order valence-electron chi connectivity index (χ0n) is 10.9. The molecular formula is C14H16N2O3. The average Bonchev–Trinajstić information content (AvgIpc) is 2.91. The van der Waals surface area contributed by atoms with Crippen molar-refractivity contribution in [3.8, 4) is 0 Å². The fraction of sp³-hybridized carbons (Fsp3) is 0.214. The minimum Gasteiger partial charge on any atom is -0.467 e. The van der Waals surface area contributed by atoms with Crippen molar-refractivity contribution in [1.82, 2.24) is 0 Å². The van der Waals surface area contributed by atoms with Gasteiger partial charge < -0.3 is 19.8 Å². The number of nitrogens with two attached hydrogens (primary N) is 1. The Kier molecular flexibility index (Phi) is 3.75. The topological polar surface area (TPSA) is 68.7 Å². The number of hydrogen-bond acceptors (Lipinski definition) is 5. The van der Waals surface area contributed by atoms with E-state index >= 15 is 0 Å². The SMILES string of the molecule is COC(=O)c1ccc(N)c(N(C)Cc2ccco2)c1. The van der Waals surface area contributed by atoms with Gasteiger partial charge in [-0.2, -0.15) is 0 Å². The Bertz CT molecular complexity index is 564. The van der Waals surface area contributed by atoms with E-state index in [1.165, 1.54) is 7.11 Å². The quantitative estimate of drug-likeness (QED) is 0.674. The van der Waals surface area contributed by atoms with Gasteiger partial charge in [-0.05, 0) is 30.3 Å². The number of hydrogen-bond donors (Lipinski definition) is 1. The molecule has 0 radical (unpaired) electrons. The molecule has 2 rings (SSSR count). The summed E-state index contributed by atoms with van der Waals surface area (Å²) >= 11 is 0. The molecule has 0 fully saturated rings. The molecule has 0 spiro atoms. The number of ether oxygens (including phenoxy) is 1. The van der Waals surface area contributed by atoms with Gasteiger partial charge in [-0.1, -0.05) is 0 Å². The van der Waals surface area contributed by atoms with Crippen LogP contribution in [0, 0.1) is 0 Å². The molecule has 5 nitrogen and oxygen atoms in total. The first-order valence-corrected chi connectivity index (χ1v) is 5.83. The molecule has 19 heavy (non-hydrogen) atoms. The third-order valence-electron chi connectivity index (χ3n) is 2.84. The van der Waals surface area contributed by atoms with Gasteiger partial charge in [0.15, 0.2) is 0 Å². The standard InChI is InChI=1S/C14H16N2O3/c1-16(9-11-4-3-7-19-11)13-8-10(14(17)18-2)5-6-12(13)15/h3-8H,9,15H2,1-2H3. The fourth-order valence-electron chi connectivity index (χ4n) is 1.84. The number of carbonyl (C=O) groups is 1. The first-order chi connectivity index (χ1) is 9.11. The van der Waals surface area contributed by atoms with E-state index < -0.39 is 0 Å². The van der Waals surface area contributed by atoms with E-state index in [1.807, 2.05) is 24.1 Å². The lowest BCUT2D eigenvalue weighted by Gasteiger charge is -2.20. The van der Waals surface area contributed by atoms with Crippen molar-refractivity contribution in [3.05, 3.63) is 47.9 Å². The van der Waals surface area contributed by atoms with Crippen LogP contribution < -0.4 is 10.6 Å². The van der Waals surface area contributed by atoms with Gasteiger partial charge in [-0.15, -0.1) is 0 Å². The van der Waals surface area contributed by atoms with E-state index in [2.05, 4.69) is 0 Å². The number of nitrogen functional groups attached to an aromatic ring is 1. The molecule has 0 bridgehead atoms. The summed E-state index contributed by atoms with van der Waals surface area (Å²) in [4.78, 5) is 13.4. The summed E-state index contributed by atoms with van der Waals surface area (Å²) in [7, 11) is 3.24. The number of benzene rings is 1. The van der Waals surface area contributed by atoms with E-state index in [9.17, 15) is 4.79 Å². The van der Waals surface area contributed by atoms with Crippen LogP contribution >= 0.6 is 0 Å². The van der Waals surface area contributed by atoms with Crippen molar-refractivity contribution in [1.29, 1.82) is 0 Å². The predicted molar refractivity (Wildman–Crippen MR) is 73.0 cm³/mol. The van der Waals surface area contributed by atoms with Crippen molar-refractivity contribution in [2.75, 3.05) is 24.8 Å². The van der Waals surface area contributed by atoms with Crippen molar-refractivity contribution in [2.45, 2.75) is 6.54 Å². The lowest BCUT2D eigenvalue weighted by molar-refractivity contribution is 0.0601. The van der Waals surface area contributed by atoms with Crippen LogP contribution in [0.1, 0.15) is 16.1 Å². The highest BCUT2D eigenvalue weighted by molar-refractivity contribution is 5.92. The molecule has 0 aliphatic carbocycles. The largest absolute Gasteiger partial charge is 0.467 e. The van der Waals surface area contributed by atoms with E-state index in [4.69, 9.17) is 14.9 Å². The summed E-state index contributed by atoms with van der Waals surface area (Å²) in [5.41, 5.74) is 7.77. The Balaban J connectivity index is 2.25. The number of furan rings is 1. The summed E-state index contributed by atoms with van der Waals surface area (Å²) in [6, 6.07) is 8.77. The maximum Gasteiger partial charge on any atom is 0.337 e. The van der Waals surface area contributed by atoms with Gasteiger partial charge in [0.25, 0.3) is 0 Å². The molecule has 0 aliphatic rings. The molecule has 1 heterocycles.